The van der Waals surface area contributed by atoms with E-state index in [1.54, 1.807) is 0 Å². The predicted octanol–water partition coefficient (Wildman–Crippen LogP) is 2.18. The zero-order valence-electron chi connectivity index (χ0n) is 13.6. The van der Waals surface area contributed by atoms with E-state index in [4.69, 9.17) is 0 Å². The molecular weight excluding hydrogens is 252 g/mol. The second kappa shape index (κ2) is 4.74. The van der Waals surface area contributed by atoms with Crippen molar-refractivity contribution in [1.82, 2.24) is 10.2 Å². The average Bonchev–Trinajstić information content (AvgIpc) is 2.89. The molecule has 1 aliphatic carbocycles. The van der Waals surface area contributed by atoms with Crippen LogP contribution in [0.1, 0.15) is 54.4 Å². The summed E-state index contributed by atoms with van der Waals surface area (Å²) in [6.45, 7) is 13.2. The molecule has 20 heavy (non-hydrogen) atoms. The number of amides is 2. The zero-order valence-corrected chi connectivity index (χ0v) is 13.6. The van der Waals surface area contributed by atoms with Crippen molar-refractivity contribution in [2.24, 2.45) is 16.7 Å². The molecule has 1 N–H and O–H groups in total. The van der Waals surface area contributed by atoms with E-state index in [9.17, 15) is 9.59 Å². The molecule has 2 rings (SSSR count). The number of hydrogen-bond acceptors (Lipinski definition) is 2. The maximum atomic E-state index is 12.8. The molecule has 1 saturated heterocycles. The fourth-order valence-electron chi connectivity index (χ4n) is 3.10. The number of rotatable bonds is 3. The van der Waals surface area contributed by atoms with Gasteiger partial charge in [0.1, 0.15) is 12.1 Å². The van der Waals surface area contributed by atoms with E-state index in [0.29, 0.717) is 17.8 Å². The van der Waals surface area contributed by atoms with E-state index < -0.39 is 6.04 Å². The second-order valence-corrected chi connectivity index (χ2v) is 8.11. The molecule has 2 amide bonds. The van der Waals surface area contributed by atoms with Crippen molar-refractivity contribution in [3.63, 3.8) is 0 Å². The van der Waals surface area contributed by atoms with Gasteiger partial charge in [-0.15, -0.1) is 0 Å². The first kappa shape index (κ1) is 15.3. The SMILES string of the molecule is CCC1C(=O)NC(C(C)(C)C)C(=O)N1CC1CC1(C)C. The van der Waals surface area contributed by atoms with Crippen LogP contribution in [0, 0.1) is 16.7 Å². The number of carbonyl (C=O) groups excluding carboxylic acids is 2. The van der Waals surface area contributed by atoms with Crippen LogP contribution >= 0.6 is 0 Å². The molecule has 0 bridgehead atoms. The Morgan fingerprint density at radius 2 is 1.85 bits per heavy atom. The fourth-order valence-corrected chi connectivity index (χ4v) is 3.10. The number of nitrogens with zero attached hydrogens (tertiary/aromatic N) is 1. The van der Waals surface area contributed by atoms with Gasteiger partial charge in [0.2, 0.25) is 11.8 Å². The molecule has 3 unspecified atom stereocenters. The van der Waals surface area contributed by atoms with Gasteiger partial charge in [-0.05, 0) is 29.6 Å². The van der Waals surface area contributed by atoms with Crippen molar-refractivity contribution < 1.29 is 9.59 Å². The van der Waals surface area contributed by atoms with Gasteiger partial charge in [-0.1, -0.05) is 41.5 Å². The Kier molecular flexibility index (Phi) is 3.64. The van der Waals surface area contributed by atoms with Gasteiger partial charge in [0.15, 0.2) is 0 Å². The molecule has 2 aliphatic rings. The zero-order chi connectivity index (χ0) is 15.3. The topological polar surface area (TPSA) is 49.4 Å². The van der Waals surface area contributed by atoms with Crippen molar-refractivity contribution in [3.8, 4) is 0 Å². The molecule has 4 heteroatoms. The molecule has 0 radical (unpaired) electrons. The highest BCUT2D eigenvalue weighted by Crippen LogP contribution is 2.52. The summed E-state index contributed by atoms with van der Waals surface area (Å²) in [7, 11) is 0. The first-order chi connectivity index (χ1) is 9.08. The van der Waals surface area contributed by atoms with Gasteiger partial charge in [-0.25, -0.2) is 0 Å². The van der Waals surface area contributed by atoms with Crippen molar-refractivity contribution in [2.75, 3.05) is 6.54 Å². The lowest BCUT2D eigenvalue weighted by Gasteiger charge is -2.43. The maximum absolute atomic E-state index is 12.8. The van der Waals surface area contributed by atoms with Crippen molar-refractivity contribution in [2.45, 2.75) is 66.5 Å². The van der Waals surface area contributed by atoms with Crippen LogP contribution in [0.25, 0.3) is 0 Å². The first-order valence-corrected chi connectivity index (χ1v) is 7.69. The third-order valence-electron chi connectivity index (χ3n) is 4.88. The molecule has 3 atom stereocenters. The molecule has 4 nitrogen and oxygen atoms in total. The summed E-state index contributed by atoms with van der Waals surface area (Å²) < 4.78 is 0. The Bertz CT molecular complexity index is 423. The van der Waals surface area contributed by atoms with Gasteiger partial charge in [-0.3, -0.25) is 9.59 Å². The lowest BCUT2D eigenvalue weighted by Crippen LogP contribution is -2.66. The highest BCUT2D eigenvalue weighted by atomic mass is 16.2. The largest absolute Gasteiger partial charge is 0.342 e. The minimum atomic E-state index is -0.403. The van der Waals surface area contributed by atoms with E-state index in [0.717, 1.165) is 13.0 Å². The molecule has 1 heterocycles. The number of piperazine rings is 1. The van der Waals surface area contributed by atoms with Crippen LogP contribution in [0.5, 0.6) is 0 Å². The quantitative estimate of drug-likeness (QED) is 0.861. The highest BCUT2D eigenvalue weighted by Gasteiger charge is 2.51. The number of hydrogen-bond donors (Lipinski definition) is 1. The minimum absolute atomic E-state index is 0.00508. The second-order valence-electron chi connectivity index (χ2n) is 8.11. The summed E-state index contributed by atoms with van der Waals surface area (Å²) >= 11 is 0. The van der Waals surface area contributed by atoms with Gasteiger partial charge >= 0.3 is 0 Å². The van der Waals surface area contributed by atoms with Crippen LogP contribution in [-0.4, -0.2) is 35.3 Å². The summed E-state index contributed by atoms with van der Waals surface area (Å²) in [5.74, 6) is 0.629. The van der Waals surface area contributed by atoms with Gasteiger partial charge in [0.25, 0.3) is 0 Å². The van der Waals surface area contributed by atoms with Gasteiger partial charge in [0, 0.05) is 6.54 Å². The molecule has 0 spiro atoms. The van der Waals surface area contributed by atoms with E-state index in [2.05, 4.69) is 19.2 Å². The van der Waals surface area contributed by atoms with Crippen LogP contribution in [0.3, 0.4) is 0 Å². The van der Waals surface area contributed by atoms with Crippen LogP contribution in [0.2, 0.25) is 0 Å². The molecule has 2 fully saturated rings. The molecule has 0 aromatic carbocycles. The van der Waals surface area contributed by atoms with Crippen molar-refractivity contribution >= 4 is 11.8 Å². The van der Waals surface area contributed by atoms with Crippen LogP contribution in [0.4, 0.5) is 0 Å². The van der Waals surface area contributed by atoms with Crippen LogP contribution in [0.15, 0.2) is 0 Å². The van der Waals surface area contributed by atoms with Crippen molar-refractivity contribution in [1.29, 1.82) is 0 Å². The monoisotopic (exact) mass is 280 g/mol. The van der Waals surface area contributed by atoms with E-state index in [1.165, 1.54) is 0 Å². The Balaban J connectivity index is 2.19. The molecule has 114 valence electrons. The van der Waals surface area contributed by atoms with Crippen LogP contribution in [-0.2, 0) is 9.59 Å². The lowest BCUT2D eigenvalue weighted by molar-refractivity contribution is -0.153. The summed E-state index contributed by atoms with van der Waals surface area (Å²) in [5, 5.41) is 2.92. The highest BCUT2D eigenvalue weighted by molar-refractivity contribution is 5.97. The van der Waals surface area contributed by atoms with Gasteiger partial charge in [0.05, 0.1) is 0 Å². The Morgan fingerprint density at radius 3 is 2.25 bits per heavy atom. The minimum Gasteiger partial charge on any atom is -0.342 e. The Hall–Kier alpha value is -1.06. The smallest absolute Gasteiger partial charge is 0.246 e. The van der Waals surface area contributed by atoms with Gasteiger partial charge < -0.3 is 10.2 Å². The lowest BCUT2D eigenvalue weighted by atomic mass is 9.83. The molecule has 0 aromatic rings. The predicted molar refractivity (Wildman–Crippen MR) is 79.1 cm³/mol. The first-order valence-electron chi connectivity index (χ1n) is 7.69. The van der Waals surface area contributed by atoms with Crippen LogP contribution < -0.4 is 5.32 Å². The Morgan fingerprint density at radius 1 is 1.30 bits per heavy atom. The normalized spacial score (nSPS) is 33.1. The molecule has 1 aliphatic heterocycles. The third-order valence-corrected chi connectivity index (χ3v) is 4.88. The van der Waals surface area contributed by atoms with Crippen molar-refractivity contribution in [3.05, 3.63) is 0 Å². The standard InChI is InChI=1S/C16H28N2O2/c1-7-11-13(19)17-12(15(2,3)4)14(20)18(11)9-10-8-16(10,5)6/h10-12H,7-9H2,1-6H3,(H,17,19). The molecular formula is C16H28N2O2. The molecule has 0 aromatic heterocycles. The maximum Gasteiger partial charge on any atom is 0.246 e. The molecule has 1 saturated carbocycles. The third kappa shape index (κ3) is 2.70. The summed E-state index contributed by atoms with van der Waals surface area (Å²) in [4.78, 5) is 26.9. The summed E-state index contributed by atoms with van der Waals surface area (Å²) in [5.41, 5.74) is 0.0759. The van der Waals surface area contributed by atoms with E-state index in [1.807, 2.05) is 32.6 Å². The van der Waals surface area contributed by atoms with Gasteiger partial charge in [-0.2, -0.15) is 0 Å². The fraction of sp³-hybridized carbons (Fsp3) is 0.875. The number of nitrogens with one attached hydrogen (secondary N) is 1. The summed E-state index contributed by atoms with van der Waals surface area (Å²) in [6.07, 6.45) is 1.83. The average molecular weight is 280 g/mol. The van der Waals surface area contributed by atoms with E-state index in [-0.39, 0.29) is 23.3 Å². The van der Waals surface area contributed by atoms with E-state index >= 15 is 0 Å². The number of carbonyl (C=O) groups is 2. The summed E-state index contributed by atoms with van der Waals surface area (Å²) in [6, 6.07) is -0.697. The Labute approximate surface area is 122 Å².